The van der Waals surface area contributed by atoms with Crippen molar-refractivity contribution in [1.29, 1.82) is 0 Å². The van der Waals surface area contributed by atoms with E-state index in [1.807, 2.05) is 24.3 Å². The molecule has 1 N–H and O–H groups in total. The quantitative estimate of drug-likeness (QED) is 0.411. The number of halogens is 1. The molecule has 3 aromatic rings. The molecule has 8 nitrogen and oxygen atoms in total. The van der Waals surface area contributed by atoms with E-state index in [0.717, 1.165) is 22.0 Å². The molecule has 1 fully saturated rings. The van der Waals surface area contributed by atoms with E-state index < -0.39 is 22.5 Å². The van der Waals surface area contributed by atoms with Crippen molar-refractivity contribution in [1.82, 2.24) is 5.32 Å². The molecule has 1 aliphatic rings. The number of amides is 2. The normalized spacial score (nSPS) is 13.5. The lowest BCUT2D eigenvalue weighted by Gasteiger charge is -2.26. The predicted molar refractivity (Wildman–Crippen MR) is 143 cm³/mol. The van der Waals surface area contributed by atoms with Gasteiger partial charge in [0.25, 0.3) is 10.0 Å². The van der Waals surface area contributed by atoms with Crippen LogP contribution in [0.1, 0.15) is 25.3 Å². The van der Waals surface area contributed by atoms with Gasteiger partial charge in [-0.1, -0.05) is 35.9 Å². The SMILES string of the molecule is CCOc1ccccc1N(CC(=O)NCc1cccc(N2CCCC2=O)c1)S(=O)(=O)c1ccc(Cl)cc1. The van der Waals surface area contributed by atoms with E-state index >= 15 is 0 Å². The van der Waals surface area contributed by atoms with Gasteiger partial charge in [-0.25, -0.2) is 8.42 Å². The maximum absolute atomic E-state index is 13.6. The van der Waals surface area contributed by atoms with Gasteiger partial charge in [0.15, 0.2) is 0 Å². The fraction of sp³-hybridized carbons (Fsp3) is 0.259. The number of anilines is 2. The molecular weight excluding hydrogens is 514 g/mol. The highest BCUT2D eigenvalue weighted by Crippen LogP contribution is 2.32. The zero-order valence-electron chi connectivity index (χ0n) is 20.4. The first-order valence-electron chi connectivity index (χ1n) is 12.0. The second kappa shape index (κ2) is 11.7. The maximum Gasteiger partial charge on any atom is 0.264 e. The Morgan fingerprint density at radius 2 is 1.84 bits per heavy atom. The molecule has 194 valence electrons. The van der Waals surface area contributed by atoms with Crippen LogP contribution < -0.4 is 19.3 Å². The largest absolute Gasteiger partial charge is 0.492 e. The van der Waals surface area contributed by atoms with Crippen molar-refractivity contribution in [3.8, 4) is 5.75 Å². The van der Waals surface area contributed by atoms with Crippen LogP contribution in [0.4, 0.5) is 11.4 Å². The van der Waals surface area contributed by atoms with Gasteiger partial charge in [0.2, 0.25) is 11.8 Å². The van der Waals surface area contributed by atoms with Gasteiger partial charge >= 0.3 is 0 Å². The molecule has 0 spiro atoms. The molecule has 4 rings (SSSR count). The average Bonchev–Trinajstić information content (AvgIpc) is 3.33. The highest BCUT2D eigenvalue weighted by Gasteiger charge is 2.29. The van der Waals surface area contributed by atoms with Crippen LogP contribution in [0.2, 0.25) is 5.02 Å². The minimum absolute atomic E-state index is 0.000942. The molecule has 2 amide bonds. The van der Waals surface area contributed by atoms with Crippen molar-refractivity contribution < 1.29 is 22.7 Å². The van der Waals surface area contributed by atoms with E-state index in [1.54, 1.807) is 36.1 Å². The first-order chi connectivity index (χ1) is 17.8. The summed E-state index contributed by atoms with van der Waals surface area (Å²) in [6.45, 7) is 2.51. The van der Waals surface area contributed by atoms with Gasteiger partial charge in [0.05, 0.1) is 17.2 Å². The third-order valence-corrected chi connectivity index (χ3v) is 7.93. The molecule has 0 radical (unpaired) electrons. The smallest absolute Gasteiger partial charge is 0.264 e. The monoisotopic (exact) mass is 541 g/mol. The summed E-state index contributed by atoms with van der Waals surface area (Å²) >= 11 is 5.95. The summed E-state index contributed by atoms with van der Waals surface area (Å²) in [5.41, 5.74) is 1.84. The number of nitrogens with one attached hydrogen (secondary N) is 1. The number of para-hydroxylation sites is 2. The van der Waals surface area contributed by atoms with Crippen LogP contribution in [0, 0.1) is 0 Å². The summed E-state index contributed by atoms with van der Waals surface area (Å²) in [5, 5.41) is 3.20. The van der Waals surface area contributed by atoms with Crippen LogP contribution in [0.25, 0.3) is 0 Å². The number of sulfonamides is 1. The Morgan fingerprint density at radius 1 is 1.08 bits per heavy atom. The first kappa shape index (κ1) is 26.5. The molecule has 10 heteroatoms. The summed E-state index contributed by atoms with van der Waals surface area (Å²) in [7, 11) is -4.12. The Bertz CT molecular complexity index is 1380. The summed E-state index contributed by atoms with van der Waals surface area (Å²) in [5.74, 6) is -0.0676. The summed E-state index contributed by atoms with van der Waals surface area (Å²) in [6, 6.07) is 19.8. The van der Waals surface area contributed by atoms with E-state index in [9.17, 15) is 18.0 Å². The van der Waals surface area contributed by atoms with Gasteiger partial charge in [0.1, 0.15) is 12.3 Å². The Morgan fingerprint density at radius 3 is 2.54 bits per heavy atom. The van der Waals surface area contributed by atoms with Crippen LogP contribution in [0.3, 0.4) is 0 Å². The molecule has 0 saturated carbocycles. The zero-order chi connectivity index (χ0) is 26.4. The van der Waals surface area contributed by atoms with E-state index in [0.29, 0.717) is 30.3 Å². The lowest BCUT2D eigenvalue weighted by molar-refractivity contribution is -0.120. The molecule has 1 aliphatic heterocycles. The Labute approximate surface area is 221 Å². The molecule has 0 unspecified atom stereocenters. The minimum Gasteiger partial charge on any atom is -0.492 e. The molecule has 3 aromatic carbocycles. The third kappa shape index (κ3) is 6.23. The van der Waals surface area contributed by atoms with Crippen LogP contribution in [0.15, 0.2) is 77.7 Å². The molecule has 37 heavy (non-hydrogen) atoms. The number of carbonyl (C=O) groups is 2. The van der Waals surface area contributed by atoms with Gasteiger partial charge in [0, 0.05) is 30.2 Å². The van der Waals surface area contributed by atoms with Gasteiger partial charge < -0.3 is 15.0 Å². The Kier molecular flexibility index (Phi) is 8.35. The number of benzene rings is 3. The van der Waals surface area contributed by atoms with Gasteiger partial charge in [-0.2, -0.15) is 0 Å². The fourth-order valence-electron chi connectivity index (χ4n) is 4.12. The second-order valence-corrected chi connectivity index (χ2v) is 10.8. The lowest BCUT2D eigenvalue weighted by Crippen LogP contribution is -2.41. The highest BCUT2D eigenvalue weighted by molar-refractivity contribution is 7.92. The molecular formula is C27H28ClN3O5S. The molecule has 1 heterocycles. The maximum atomic E-state index is 13.6. The summed E-state index contributed by atoms with van der Waals surface area (Å²) < 4.78 is 34.0. The molecule has 1 saturated heterocycles. The van der Waals surface area contributed by atoms with Crippen LogP contribution in [-0.2, 0) is 26.2 Å². The molecule has 0 bridgehead atoms. The van der Waals surface area contributed by atoms with E-state index in [-0.39, 0.29) is 23.0 Å². The molecule has 0 aliphatic carbocycles. The lowest BCUT2D eigenvalue weighted by atomic mass is 10.2. The van der Waals surface area contributed by atoms with Crippen molar-refractivity contribution in [2.24, 2.45) is 0 Å². The fourth-order valence-corrected chi connectivity index (χ4v) is 5.67. The van der Waals surface area contributed by atoms with Gasteiger partial charge in [-0.15, -0.1) is 0 Å². The van der Waals surface area contributed by atoms with Crippen molar-refractivity contribution in [3.05, 3.63) is 83.4 Å². The zero-order valence-corrected chi connectivity index (χ0v) is 22.0. The van der Waals surface area contributed by atoms with E-state index in [1.165, 1.54) is 24.3 Å². The van der Waals surface area contributed by atoms with E-state index in [2.05, 4.69) is 5.32 Å². The minimum atomic E-state index is -4.12. The van der Waals surface area contributed by atoms with Gasteiger partial charge in [-0.05, 0) is 67.4 Å². The number of rotatable bonds is 10. The summed E-state index contributed by atoms with van der Waals surface area (Å²) in [6.07, 6.45) is 1.35. The average molecular weight is 542 g/mol. The van der Waals surface area contributed by atoms with Crippen molar-refractivity contribution >= 4 is 44.8 Å². The Balaban J connectivity index is 1.56. The number of hydrogen-bond donors (Lipinski definition) is 1. The summed E-state index contributed by atoms with van der Waals surface area (Å²) in [4.78, 5) is 26.9. The number of ether oxygens (including phenoxy) is 1. The standard InChI is InChI=1S/C27H28ClN3O5S/c1-2-36-25-10-4-3-9-24(25)31(37(34,35)23-14-12-21(28)13-15-23)19-26(32)29-18-20-7-5-8-22(17-20)30-16-6-11-27(30)33/h3-5,7-10,12-15,17H,2,6,11,16,18-19H2,1H3,(H,29,32). The van der Waals surface area contributed by atoms with Crippen molar-refractivity contribution in [2.75, 3.05) is 28.9 Å². The van der Waals surface area contributed by atoms with E-state index in [4.69, 9.17) is 16.3 Å². The number of carbonyl (C=O) groups excluding carboxylic acids is 2. The van der Waals surface area contributed by atoms with Crippen molar-refractivity contribution in [3.63, 3.8) is 0 Å². The van der Waals surface area contributed by atoms with Crippen LogP contribution in [0.5, 0.6) is 5.75 Å². The predicted octanol–water partition coefficient (Wildman–Crippen LogP) is 4.38. The molecule has 0 aromatic heterocycles. The van der Waals surface area contributed by atoms with Crippen molar-refractivity contribution in [2.45, 2.75) is 31.2 Å². The third-order valence-electron chi connectivity index (χ3n) is 5.91. The number of nitrogens with zero attached hydrogens (tertiary/aromatic N) is 2. The van der Waals surface area contributed by atoms with Gasteiger partial charge in [-0.3, -0.25) is 13.9 Å². The van der Waals surface area contributed by atoms with Crippen LogP contribution >= 0.6 is 11.6 Å². The van der Waals surface area contributed by atoms with Crippen LogP contribution in [-0.4, -0.2) is 39.9 Å². The topological polar surface area (TPSA) is 96.0 Å². The highest BCUT2D eigenvalue weighted by atomic mass is 35.5. The number of hydrogen-bond acceptors (Lipinski definition) is 5. The Hall–Kier alpha value is -3.56. The first-order valence-corrected chi connectivity index (χ1v) is 13.8. The molecule has 0 atom stereocenters. The second-order valence-electron chi connectivity index (χ2n) is 8.46.